The van der Waals surface area contributed by atoms with Gasteiger partial charge in [0.2, 0.25) is 0 Å². The van der Waals surface area contributed by atoms with E-state index in [0.717, 1.165) is 28.8 Å². The molecule has 2 atom stereocenters. The van der Waals surface area contributed by atoms with Gasteiger partial charge in [0.05, 0.1) is 32.6 Å². The number of carboxylic acids is 1. The Morgan fingerprint density at radius 1 is 1.19 bits per heavy atom. The molecule has 0 radical (unpaired) electrons. The van der Waals surface area contributed by atoms with Crippen LogP contribution in [-0.4, -0.2) is 61.5 Å². The Balaban J connectivity index is 1.49. The third-order valence-electron chi connectivity index (χ3n) is 6.74. The molecule has 0 saturated carbocycles. The largest absolute Gasteiger partial charge is 0.480 e. The summed E-state index contributed by atoms with van der Waals surface area (Å²) < 4.78 is 6.25. The summed E-state index contributed by atoms with van der Waals surface area (Å²) in [7, 11) is 4.11. The van der Waals surface area contributed by atoms with Gasteiger partial charge in [0, 0.05) is 12.3 Å². The summed E-state index contributed by atoms with van der Waals surface area (Å²) in [6.07, 6.45) is 1.61. The van der Waals surface area contributed by atoms with Gasteiger partial charge in [0.25, 0.3) is 0 Å². The van der Waals surface area contributed by atoms with Gasteiger partial charge in [0.1, 0.15) is 12.6 Å². The average molecular weight is 422 g/mol. The van der Waals surface area contributed by atoms with E-state index in [9.17, 15) is 14.7 Å². The molecule has 162 valence electrons. The second kappa shape index (κ2) is 7.85. The number of nitrogens with one attached hydrogen (secondary N) is 1. The molecule has 1 aliphatic carbocycles. The number of alkyl carbamates (subject to hydrolysis) is 1. The van der Waals surface area contributed by atoms with Crippen molar-refractivity contribution in [3.63, 3.8) is 0 Å². The Morgan fingerprint density at radius 2 is 1.77 bits per heavy atom. The minimum atomic E-state index is -1.08. The molecule has 0 unspecified atom stereocenters. The van der Waals surface area contributed by atoms with Gasteiger partial charge in [0.15, 0.2) is 0 Å². The average Bonchev–Trinajstić information content (AvgIpc) is 3.25. The predicted molar refractivity (Wildman–Crippen MR) is 119 cm³/mol. The van der Waals surface area contributed by atoms with Gasteiger partial charge in [-0.1, -0.05) is 54.6 Å². The molecular weight excluding hydrogens is 392 g/mol. The Labute approximate surface area is 182 Å². The van der Waals surface area contributed by atoms with Crippen LogP contribution in [0.4, 0.5) is 4.79 Å². The Bertz CT molecular complexity index is 986. The highest BCUT2D eigenvalue weighted by Crippen LogP contribution is 2.44. The van der Waals surface area contributed by atoms with Crippen LogP contribution in [0, 0.1) is 5.41 Å². The first kappa shape index (κ1) is 21.1. The van der Waals surface area contributed by atoms with Crippen molar-refractivity contribution in [2.24, 2.45) is 5.41 Å². The number of carbonyl (C=O) groups is 2. The number of hydrogen-bond donors (Lipinski definition) is 2. The summed E-state index contributed by atoms with van der Waals surface area (Å²) in [6.45, 7) is 5.45. The van der Waals surface area contributed by atoms with Crippen LogP contribution in [0.3, 0.4) is 0 Å². The molecule has 1 heterocycles. The summed E-state index contributed by atoms with van der Waals surface area (Å²) in [4.78, 5) is 24.7. The van der Waals surface area contributed by atoms with E-state index >= 15 is 0 Å². The number of fused-ring (bicyclic) bond motifs is 3. The summed E-state index contributed by atoms with van der Waals surface area (Å²) in [5.74, 6) is -1.15. The number of aliphatic carboxylic acids is 1. The monoisotopic (exact) mass is 421 g/mol. The number of carbonyl (C=O) groups excluding carboxylic acids is 1. The van der Waals surface area contributed by atoms with Crippen molar-refractivity contribution < 1.29 is 23.9 Å². The van der Waals surface area contributed by atoms with E-state index in [1.165, 1.54) is 0 Å². The molecule has 1 fully saturated rings. The first-order chi connectivity index (χ1) is 14.8. The van der Waals surface area contributed by atoms with E-state index in [-0.39, 0.29) is 12.5 Å². The van der Waals surface area contributed by atoms with Gasteiger partial charge < -0.3 is 19.6 Å². The van der Waals surface area contributed by atoms with Crippen molar-refractivity contribution in [1.29, 1.82) is 0 Å². The molecule has 2 aromatic rings. The lowest BCUT2D eigenvalue weighted by atomic mass is 9.79. The van der Waals surface area contributed by atoms with Crippen LogP contribution < -0.4 is 5.32 Å². The second-order valence-electron chi connectivity index (χ2n) is 9.25. The lowest BCUT2D eigenvalue weighted by Crippen LogP contribution is -2.54. The third kappa shape index (κ3) is 3.83. The zero-order chi connectivity index (χ0) is 22.2. The fourth-order valence-electron chi connectivity index (χ4n) is 5.20. The minimum absolute atomic E-state index is 0.0723. The van der Waals surface area contributed by atoms with Crippen LogP contribution in [0.25, 0.3) is 11.1 Å². The second-order valence-corrected chi connectivity index (χ2v) is 9.25. The highest BCUT2D eigenvalue weighted by atomic mass is 16.5. The number of quaternary nitrogens is 1. The van der Waals surface area contributed by atoms with Crippen LogP contribution in [0.2, 0.25) is 0 Å². The summed E-state index contributed by atoms with van der Waals surface area (Å²) in [5, 5.41) is 12.5. The Morgan fingerprint density at radius 3 is 2.26 bits per heavy atom. The smallest absolute Gasteiger partial charge is 0.407 e. The van der Waals surface area contributed by atoms with Gasteiger partial charge >= 0.3 is 12.1 Å². The van der Waals surface area contributed by atoms with E-state index in [0.29, 0.717) is 17.4 Å². The number of benzene rings is 2. The molecule has 0 aromatic heterocycles. The SMILES string of the molecule is C=C[C@@]1([C@H](NC(=O)OCC2c3ccccc3-c3ccccc32)C(=O)O)CC[N+](C)(C)C1. The van der Waals surface area contributed by atoms with Crippen molar-refractivity contribution in [3.8, 4) is 11.1 Å². The predicted octanol–water partition coefficient (Wildman–Crippen LogP) is 3.63. The summed E-state index contributed by atoms with van der Waals surface area (Å²) in [6, 6.07) is 15.1. The van der Waals surface area contributed by atoms with Crippen LogP contribution in [0.15, 0.2) is 61.2 Å². The zero-order valence-corrected chi connectivity index (χ0v) is 18.0. The molecule has 0 bridgehead atoms. The zero-order valence-electron chi connectivity index (χ0n) is 18.0. The third-order valence-corrected chi connectivity index (χ3v) is 6.74. The molecule has 2 aromatic carbocycles. The van der Waals surface area contributed by atoms with Crippen molar-refractivity contribution in [1.82, 2.24) is 5.32 Å². The maximum atomic E-state index is 12.7. The maximum absolute atomic E-state index is 12.7. The lowest BCUT2D eigenvalue weighted by Gasteiger charge is -2.32. The number of nitrogens with zero attached hydrogens (tertiary/aromatic N) is 1. The first-order valence-electron chi connectivity index (χ1n) is 10.6. The van der Waals surface area contributed by atoms with Crippen molar-refractivity contribution in [2.75, 3.05) is 33.8 Å². The molecule has 1 saturated heterocycles. The van der Waals surface area contributed by atoms with Gasteiger partial charge in [-0.25, -0.2) is 9.59 Å². The van der Waals surface area contributed by atoms with E-state index in [1.807, 2.05) is 36.4 Å². The number of ether oxygens (including phenoxy) is 1. The summed E-state index contributed by atoms with van der Waals surface area (Å²) in [5.41, 5.74) is 3.81. The molecule has 1 aliphatic heterocycles. The molecular formula is C25H29N2O4+. The minimum Gasteiger partial charge on any atom is -0.480 e. The number of carboxylic acid groups (broad SMARTS) is 1. The van der Waals surface area contributed by atoms with Gasteiger partial charge in [-0.15, -0.1) is 6.58 Å². The van der Waals surface area contributed by atoms with Gasteiger partial charge in [-0.2, -0.15) is 0 Å². The molecule has 6 nitrogen and oxygen atoms in total. The highest BCUT2D eigenvalue weighted by Gasteiger charge is 2.51. The van der Waals surface area contributed by atoms with Crippen LogP contribution in [-0.2, 0) is 9.53 Å². The normalized spacial score (nSPS) is 22.3. The Kier molecular flexibility index (Phi) is 5.35. The number of amides is 1. The van der Waals surface area contributed by atoms with Crippen molar-refractivity contribution in [2.45, 2.75) is 18.4 Å². The van der Waals surface area contributed by atoms with E-state index in [4.69, 9.17) is 4.74 Å². The molecule has 6 heteroatoms. The standard InChI is InChI=1S/C25H28N2O4/c1-4-25(13-14-27(2,3)16-25)22(23(28)29)26-24(30)31-15-21-19-11-7-5-9-17(19)18-10-6-8-12-20(18)21/h4-12,21-22H,1,13-16H2,2-3H3,(H-,26,28,29,30)/p+1/t22-,25-/m1/s1. The number of likely N-dealkylation sites (tertiary alicyclic amines) is 1. The van der Waals surface area contributed by atoms with Crippen LogP contribution in [0.5, 0.6) is 0 Å². The molecule has 0 spiro atoms. The maximum Gasteiger partial charge on any atom is 0.407 e. The molecule has 1 amide bonds. The van der Waals surface area contributed by atoms with Crippen molar-refractivity contribution in [3.05, 3.63) is 72.3 Å². The molecule has 2 aliphatic rings. The molecule has 4 rings (SSSR count). The quantitative estimate of drug-likeness (QED) is 0.552. The fourth-order valence-corrected chi connectivity index (χ4v) is 5.20. The summed E-state index contributed by atoms with van der Waals surface area (Å²) >= 11 is 0. The highest BCUT2D eigenvalue weighted by molar-refractivity contribution is 5.82. The Hall–Kier alpha value is -3.12. The fraction of sp³-hybridized carbons (Fsp3) is 0.360. The van der Waals surface area contributed by atoms with E-state index in [2.05, 4.69) is 38.1 Å². The molecule has 31 heavy (non-hydrogen) atoms. The first-order valence-corrected chi connectivity index (χ1v) is 10.6. The van der Waals surface area contributed by atoms with Gasteiger partial charge in [-0.05, 0) is 22.3 Å². The number of rotatable bonds is 6. The van der Waals surface area contributed by atoms with E-state index < -0.39 is 23.5 Å². The topological polar surface area (TPSA) is 75.6 Å². The number of hydrogen-bond acceptors (Lipinski definition) is 3. The van der Waals surface area contributed by atoms with Crippen molar-refractivity contribution >= 4 is 12.1 Å². The van der Waals surface area contributed by atoms with Crippen LogP contribution >= 0.6 is 0 Å². The van der Waals surface area contributed by atoms with Crippen LogP contribution in [0.1, 0.15) is 23.5 Å². The van der Waals surface area contributed by atoms with E-state index in [1.54, 1.807) is 6.08 Å². The lowest BCUT2D eigenvalue weighted by molar-refractivity contribution is -0.880. The molecule has 2 N–H and O–H groups in total. The van der Waals surface area contributed by atoms with Gasteiger partial charge in [-0.3, -0.25) is 0 Å².